The van der Waals surface area contributed by atoms with Crippen molar-refractivity contribution in [3.05, 3.63) is 23.8 Å². The molecule has 0 radical (unpaired) electrons. The molecule has 1 heterocycles. The number of hydrogen-bond acceptors (Lipinski definition) is 3. The van der Waals surface area contributed by atoms with E-state index < -0.39 is 18.3 Å². The second kappa shape index (κ2) is 4.12. The number of fused-ring (bicyclic) bond motifs is 1. The van der Waals surface area contributed by atoms with Gasteiger partial charge in [0, 0.05) is 5.56 Å². The van der Waals surface area contributed by atoms with Crippen LogP contribution in [-0.2, 0) is 4.79 Å². The molecule has 1 aliphatic heterocycles. The maximum atomic E-state index is 12.2. The molecule has 1 amide bonds. The maximum absolute atomic E-state index is 12.2. The summed E-state index contributed by atoms with van der Waals surface area (Å²) in [6.45, 7) is 1.57. The molecular formula is C11H9F2NO3. The third-order valence-corrected chi connectivity index (χ3v) is 2.39. The van der Waals surface area contributed by atoms with Gasteiger partial charge in [-0.15, -0.1) is 0 Å². The zero-order valence-electron chi connectivity index (χ0n) is 8.87. The van der Waals surface area contributed by atoms with E-state index in [0.717, 1.165) is 0 Å². The first-order valence-electron chi connectivity index (χ1n) is 4.93. The fourth-order valence-corrected chi connectivity index (χ4v) is 1.49. The number of ketones is 1. The van der Waals surface area contributed by atoms with E-state index in [1.165, 1.54) is 18.2 Å². The van der Waals surface area contributed by atoms with Gasteiger partial charge in [-0.2, -0.15) is 0 Å². The fourth-order valence-electron chi connectivity index (χ4n) is 1.49. The molecule has 0 saturated heterocycles. The number of benzene rings is 1. The van der Waals surface area contributed by atoms with Crippen LogP contribution in [0.1, 0.15) is 17.3 Å². The van der Waals surface area contributed by atoms with Crippen molar-refractivity contribution in [2.24, 2.45) is 0 Å². The van der Waals surface area contributed by atoms with Crippen LogP contribution in [0.5, 0.6) is 5.75 Å². The molecule has 1 aromatic carbocycles. The molecule has 17 heavy (non-hydrogen) atoms. The minimum Gasteiger partial charge on any atom is -0.479 e. The average molecular weight is 241 g/mol. The van der Waals surface area contributed by atoms with Crippen LogP contribution in [0.25, 0.3) is 0 Å². The van der Waals surface area contributed by atoms with Crippen molar-refractivity contribution in [2.75, 3.05) is 5.32 Å². The number of hydrogen-bond donors (Lipinski definition) is 1. The Morgan fingerprint density at radius 3 is 2.82 bits per heavy atom. The lowest BCUT2D eigenvalue weighted by Crippen LogP contribution is -2.34. The number of amides is 1. The molecule has 6 heteroatoms. The van der Waals surface area contributed by atoms with Crippen molar-refractivity contribution in [3.8, 4) is 5.75 Å². The Bertz CT molecular complexity index is 488. The SMILES string of the molecule is CC1Oc2ccc(C(=O)C(F)F)cc2NC1=O. The molecule has 1 N–H and O–H groups in total. The average Bonchev–Trinajstić information content (AvgIpc) is 2.29. The van der Waals surface area contributed by atoms with E-state index in [4.69, 9.17) is 4.74 Å². The van der Waals surface area contributed by atoms with Gasteiger partial charge in [0.2, 0.25) is 5.78 Å². The van der Waals surface area contributed by atoms with E-state index in [-0.39, 0.29) is 17.2 Å². The molecule has 1 atom stereocenters. The van der Waals surface area contributed by atoms with Gasteiger partial charge in [0.25, 0.3) is 5.91 Å². The predicted octanol–water partition coefficient (Wildman–Crippen LogP) is 1.85. The number of ether oxygens (including phenoxy) is 1. The number of Topliss-reactive ketones (excluding diaryl/α,β-unsaturated/α-hetero) is 1. The van der Waals surface area contributed by atoms with Crippen molar-refractivity contribution in [3.63, 3.8) is 0 Å². The molecule has 0 spiro atoms. The Balaban J connectivity index is 2.35. The van der Waals surface area contributed by atoms with E-state index in [1.807, 2.05) is 0 Å². The lowest BCUT2D eigenvalue weighted by atomic mass is 10.1. The topological polar surface area (TPSA) is 55.4 Å². The zero-order valence-corrected chi connectivity index (χ0v) is 8.87. The Kier molecular flexibility index (Phi) is 2.79. The van der Waals surface area contributed by atoms with Crippen molar-refractivity contribution in [1.29, 1.82) is 0 Å². The second-order valence-corrected chi connectivity index (χ2v) is 3.63. The van der Waals surface area contributed by atoms with E-state index in [2.05, 4.69) is 5.32 Å². The number of alkyl halides is 2. The van der Waals surface area contributed by atoms with Crippen LogP contribution in [0.3, 0.4) is 0 Å². The third-order valence-electron chi connectivity index (χ3n) is 2.39. The predicted molar refractivity (Wildman–Crippen MR) is 55.5 cm³/mol. The standard InChI is InChI=1S/C11H9F2NO3/c1-5-11(16)14-7-4-6(9(15)10(12)13)2-3-8(7)17-5/h2-5,10H,1H3,(H,14,16). The Hall–Kier alpha value is -1.98. The molecule has 4 nitrogen and oxygen atoms in total. The lowest BCUT2D eigenvalue weighted by Gasteiger charge is -2.23. The van der Waals surface area contributed by atoms with Gasteiger partial charge in [0.1, 0.15) is 5.75 Å². The van der Waals surface area contributed by atoms with Crippen molar-refractivity contribution < 1.29 is 23.1 Å². The highest BCUT2D eigenvalue weighted by atomic mass is 19.3. The molecule has 2 rings (SSSR count). The Morgan fingerprint density at radius 2 is 2.18 bits per heavy atom. The van der Waals surface area contributed by atoms with Gasteiger partial charge < -0.3 is 10.1 Å². The van der Waals surface area contributed by atoms with Crippen molar-refractivity contribution >= 4 is 17.4 Å². The number of nitrogens with one attached hydrogen (secondary N) is 1. The van der Waals surface area contributed by atoms with Gasteiger partial charge in [0.05, 0.1) is 5.69 Å². The van der Waals surface area contributed by atoms with Gasteiger partial charge in [-0.1, -0.05) is 0 Å². The summed E-state index contributed by atoms with van der Waals surface area (Å²) in [6.07, 6.45) is -3.70. The van der Waals surface area contributed by atoms with Gasteiger partial charge in [-0.3, -0.25) is 9.59 Å². The second-order valence-electron chi connectivity index (χ2n) is 3.63. The van der Waals surface area contributed by atoms with Gasteiger partial charge in [0.15, 0.2) is 6.10 Å². The first-order valence-corrected chi connectivity index (χ1v) is 4.93. The molecule has 0 aliphatic carbocycles. The van der Waals surface area contributed by atoms with E-state index in [0.29, 0.717) is 5.75 Å². The number of halogens is 2. The molecule has 0 saturated carbocycles. The monoisotopic (exact) mass is 241 g/mol. The highest BCUT2D eigenvalue weighted by Gasteiger charge is 2.25. The minimum absolute atomic E-state index is 0.155. The minimum atomic E-state index is -3.06. The van der Waals surface area contributed by atoms with E-state index >= 15 is 0 Å². The Labute approximate surface area is 95.6 Å². The number of anilines is 1. The summed E-state index contributed by atoms with van der Waals surface area (Å²) >= 11 is 0. The van der Waals surface area contributed by atoms with Crippen LogP contribution in [0.4, 0.5) is 14.5 Å². The molecule has 1 aromatic rings. The summed E-state index contributed by atoms with van der Waals surface area (Å²) in [7, 11) is 0. The first-order chi connectivity index (χ1) is 7.99. The van der Waals surface area contributed by atoms with Gasteiger partial charge in [-0.05, 0) is 25.1 Å². The number of carbonyl (C=O) groups excluding carboxylic acids is 2. The first kappa shape index (κ1) is 11.5. The molecule has 90 valence electrons. The van der Waals surface area contributed by atoms with Crippen LogP contribution in [0.15, 0.2) is 18.2 Å². The van der Waals surface area contributed by atoms with Crippen LogP contribution in [0.2, 0.25) is 0 Å². The summed E-state index contributed by atoms with van der Waals surface area (Å²) in [5.74, 6) is -1.29. The van der Waals surface area contributed by atoms with Crippen LogP contribution < -0.4 is 10.1 Å². The summed E-state index contributed by atoms with van der Waals surface area (Å²) in [5.41, 5.74) is 0.0804. The van der Waals surface area contributed by atoms with Crippen LogP contribution >= 0.6 is 0 Å². The van der Waals surface area contributed by atoms with E-state index in [9.17, 15) is 18.4 Å². The van der Waals surface area contributed by atoms with Crippen molar-refractivity contribution in [2.45, 2.75) is 19.5 Å². The highest BCUT2D eigenvalue weighted by molar-refractivity contribution is 6.02. The molecule has 0 aromatic heterocycles. The highest BCUT2D eigenvalue weighted by Crippen LogP contribution is 2.30. The van der Waals surface area contributed by atoms with Gasteiger partial charge in [-0.25, -0.2) is 8.78 Å². The molecular weight excluding hydrogens is 232 g/mol. The van der Waals surface area contributed by atoms with Gasteiger partial charge >= 0.3 is 6.43 Å². The molecule has 0 fully saturated rings. The van der Waals surface area contributed by atoms with Crippen molar-refractivity contribution in [1.82, 2.24) is 0 Å². The van der Waals surface area contributed by atoms with Crippen LogP contribution in [-0.4, -0.2) is 24.2 Å². The maximum Gasteiger partial charge on any atom is 0.300 e. The fraction of sp³-hybridized carbons (Fsp3) is 0.273. The largest absolute Gasteiger partial charge is 0.479 e. The lowest BCUT2D eigenvalue weighted by molar-refractivity contribution is -0.122. The summed E-state index contributed by atoms with van der Waals surface area (Å²) in [4.78, 5) is 22.4. The molecule has 1 aliphatic rings. The summed E-state index contributed by atoms with van der Waals surface area (Å²) in [5, 5.41) is 2.48. The number of rotatable bonds is 2. The summed E-state index contributed by atoms with van der Waals surface area (Å²) < 4.78 is 29.7. The zero-order chi connectivity index (χ0) is 12.6. The quantitative estimate of drug-likeness (QED) is 0.804. The summed E-state index contributed by atoms with van der Waals surface area (Å²) in [6, 6.07) is 3.83. The smallest absolute Gasteiger partial charge is 0.300 e. The van der Waals surface area contributed by atoms with E-state index in [1.54, 1.807) is 6.92 Å². The number of carbonyl (C=O) groups is 2. The normalized spacial score (nSPS) is 18.4. The molecule has 1 unspecified atom stereocenters. The van der Waals surface area contributed by atoms with Crippen LogP contribution in [0, 0.1) is 0 Å². The Morgan fingerprint density at radius 1 is 1.47 bits per heavy atom. The molecule has 0 bridgehead atoms. The third kappa shape index (κ3) is 2.11.